The Kier molecular flexibility index (Phi) is 3.76. The molecule has 18 heavy (non-hydrogen) atoms. The first-order valence-corrected chi connectivity index (χ1v) is 5.54. The van der Waals surface area contributed by atoms with Gasteiger partial charge in [0.05, 0.1) is 5.92 Å². The number of carboxylic acid groups (broad SMARTS) is 1. The van der Waals surface area contributed by atoms with E-state index in [0.717, 1.165) is 0 Å². The zero-order valence-electron chi connectivity index (χ0n) is 9.55. The topological polar surface area (TPSA) is 49.8 Å². The fourth-order valence-electron chi connectivity index (χ4n) is 1.94. The van der Waals surface area contributed by atoms with E-state index < -0.39 is 12.6 Å². The molecule has 98 valence electrons. The fourth-order valence-corrected chi connectivity index (χ4v) is 1.94. The van der Waals surface area contributed by atoms with E-state index in [0.29, 0.717) is 25.2 Å². The van der Waals surface area contributed by atoms with Crippen molar-refractivity contribution in [1.82, 2.24) is 4.90 Å². The van der Waals surface area contributed by atoms with Gasteiger partial charge in [-0.1, -0.05) is 18.2 Å². The first-order chi connectivity index (χ1) is 8.56. The highest BCUT2D eigenvalue weighted by molar-refractivity contribution is 5.71. The molecule has 4 nitrogen and oxygen atoms in total. The lowest BCUT2D eigenvalue weighted by molar-refractivity contribution is -0.147. The van der Waals surface area contributed by atoms with Crippen LogP contribution in [0.2, 0.25) is 0 Å². The van der Waals surface area contributed by atoms with E-state index in [9.17, 15) is 13.6 Å². The number of likely N-dealkylation sites (tertiary alicyclic amines) is 1. The number of aliphatic carboxylic acids is 1. The Morgan fingerprint density at radius 2 is 2.11 bits per heavy atom. The summed E-state index contributed by atoms with van der Waals surface area (Å²) in [5, 5.41) is 8.74. The molecule has 1 aromatic carbocycles. The Labute approximate surface area is 103 Å². The fraction of sp³-hybridized carbons (Fsp3) is 0.417. The molecule has 0 radical (unpaired) electrons. The van der Waals surface area contributed by atoms with Crippen LogP contribution in [-0.2, 0) is 11.3 Å². The van der Waals surface area contributed by atoms with Crippen LogP contribution in [0.4, 0.5) is 8.78 Å². The van der Waals surface area contributed by atoms with E-state index in [1.807, 2.05) is 4.90 Å². The average Bonchev–Trinajstić information content (AvgIpc) is 2.23. The van der Waals surface area contributed by atoms with Gasteiger partial charge in [-0.2, -0.15) is 8.78 Å². The highest BCUT2D eigenvalue weighted by Gasteiger charge is 2.32. The number of para-hydroxylation sites is 1. The molecule has 0 saturated carbocycles. The van der Waals surface area contributed by atoms with Crippen molar-refractivity contribution in [2.75, 3.05) is 13.1 Å². The Hall–Kier alpha value is -1.69. The minimum atomic E-state index is -2.85. The van der Waals surface area contributed by atoms with Gasteiger partial charge in [-0.15, -0.1) is 0 Å². The zero-order valence-corrected chi connectivity index (χ0v) is 9.55. The molecule has 0 aromatic heterocycles. The molecule has 0 unspecified atom stereocenters. The number of halogens is 2. The van der Waals surface area contributed by atoms with Gasteiger partial charge in [0.15, 0.2) is 0 Å². The summed E-state index contributed by atoms with van der Waals surface area (Å²) in [7, 11) is 0. The van der Waals surface area contributed by atoms with Crippen LogP contribution in [0.15, 0.2) is 24.3 Å². The normalized spacial score (nSPS) is 16.6. The van der Waals surface area contributed by atoms with E-state index in [1.54, 1.807) is 18.2 Å². The Bertz CT molecular complexity index is 433. The quantitative estimate of drug-likeness (QED) is 0.874. The van der Waals surface area contributed by atoms with Gasteiger partial charge in [-0.25, -0.2) is 0 Å². The van der Waals surface area contributed by atoms with Crippen molar-refractivity contribution in [2.45, 2.75) is 13.2 Å². The highest BCUT2D eigenvalue weighted by Crippen LogP contribution is 2.25. The number of hydrogen-bond acceptors (Lipinski definition) is 3. The van der Waals surface area contributed by atoms with E-state index in [4.69, 9.17) is 5.11 Å². The standard InChI is InChI=1S/C12H13F2NO3/c13-12(14)18-10-4-2-1-3-8(10)5-15-6-9(7-15)11(16)17/h1-4,9,12H,5-7H2,(H,16,17). The number of nitrogens with zero attached hydrogens (tertiary/aromatic N) is 1. The van der Waals surface area contributed by atoms with Gasteiger partial charge in [0.2, 0.25) is 0 Å². The maximum atomic E-state index is 12.2. The minimum absolute atomic E-state index is 0.145. The summed E-state index contributed by atoms with van der Waals surface area (Å²) < 4.78 is 28.8. The molecule has 1 aromatic rings. The summed E-state index contributed by atoms with van der Waals surface area (Å²) in [5.41, 5.74) is 0.640. The summed E-state index contributed by atoms with van der Waals surface area (Å²) >= 11 is 0. The third kappa shape index (κ3) is 2.95. The van der Waals surface area contributed by atoms with Gasteiger partial charge in [0.1, 0.15) is 5.75 Å². The van der Waals surface area contributed by atoms with Gasteiger partial charge in [0.25, 0.3) is 0 Å². The summed E-state index contributed by atoms with van der Waals surface area (Å²) in [6, 6.07) is 6.54. The minimum Gasteiger partial charge on any atom is -0.481 e. The molecule has 0 spiro atoms. The molecule has 0 amide bonds. The van der Waals surface area contributed by atoms with E-state index in [1.165, 1.54) is 6.07 Å². The first kappa shape index (κ1) is 12.8. The average molecular weight is 257 g/mol. The first-order valence-electron chi connectivity index (χ1n) is 5.54. The van der Waals surface area contributed by atoms with Gasteiger partial charge in [-0.05, 0) is 6.07 Å². The Balaban J connectivity index is 1.96. The van der Waals surface area contributed by atoms with Gasteiger partial charge >= 0.3 is 12.6 Å². The molecule has 1 N–H and O–H groups in total. The van der Waals surface area contributed by atoms with Gasteiger partial charge in [0, 0.05) is 25.2 Å². The lowest BCUT2D eigenvalue weighted by Gasteiger charge is -2.36. The van der Waals surface area contributed by atoms with Gasteiger partial charge in [-0.3, -0.25) is 9.69 Å². The number of alkyl halides is 2. The second-order valence-corrected chi connectivity index (χ2v) is 4.22. The summed E-state index contributed by atoms with van der Waals surface area (Å²) in [6.45, 7) is -1.54. The monoisotopic (exact) mass is 257 g/mol. The number of ether oxygens (including phenoxy) is 1. The smallest absolute Gasteiger partial charge is 0.387 e. The van der Waals surface area contributed by atoms with Crippen molar-refractivity contribution in [3.05, 3.63) is 29.8 Å². The van der Waals surface area contributed by atoms with Crippen LogP contribution in [0.3, 0.4) is 0 Å². The molecule has 1 fully saturated rings. The summed E-state index contributed by atoms with van der Waals surface area (Å²) in [4.78, 5) is 12.5. The molecule has 0 aliphatic carbocycles. The van der Waals surface area contributed by atoms with Crippen LogP contribution in [0.5, 0.6) is 5.75 Å². The second kappa shape index (κ2) is 5.30. The Morgan fingerprint density at radius 3 is 2.72 bits per heavy atom. The lowest BCUT2D eigenvalue weighted by Crippen LogP contribution is -2.49. The third-order valence-electron chi connectivity index (χ3n) is 2.89. The number of rotatable bonds is 5. The molecule has 1 aliphatic heterocycles. The summed E-state index contributed by atoms with van der Waals surface area (Å²) in [6.07, 6.45) is 0. The van der Waals surface area contributed by atoms with Crippen LogP contribution in [-0.4, -0.2) is 35.7 Å². The number of benzene rings is 1. The maximum absolute atomic E-state index is 12.2. The SMILES string of the molecule is O=C(O)C1CN(Cc2ccccc2OC(F)F)C1. The zero-order chi connectivity index (χ0) is 13.1. The molecule has 0 bridgehead atoms. The van der Waals surface area contributed by atoms with E-state index in [2.05, 4.69) is 4.74 Å². The Morgan fingerprint density at radius 1 is 1.44 bits per heavy atom. The third-order valence-corrected chi connectivity index (χ3v) is 2.89. The molecule has 1 saturated heterocycles. The largest absolute Gasteiger partial charge is 0.481 e. The molecule has 0 atom stereocenters. The van der Waals surface area contributed by atoms with E-state index >= 15 is 0 Å². The number of hydrogen-bond donors (Lipinski definition) is 1. The highest BCUT2D eigenvalue weighted by atomic mass is 19.3. The number of carboxylic acids is 1. The van der Waals surface area contributed by atoms with Gasteiger partial charge < -0.3 is 9.84 Å². The predicted octanol–water partition coefficient (Wildman–Crippen LogP) is 1.80. The van der Waals surface area contributed by atoms with Crippen molar-refractivity contribution in [3.8, 4) is 5.75 Å². The lowest BCUT2D eigenvalue weighted by atomic mass is 9.99. The predicted molar refractivity (Wildman–Crippen MR) is 59.5 cm³/mol. The molecule has 1 aliphatic rings. The number of carbonyl (C=O) groups is 1. The van der Waals surface area contributed by atoms with Crippen molar-refractivity contribution in [1.29, 1.82) is 0 Å². The van der Waals surface area contributed by atoms with Crippen LogP contribution >= 0.6 is 0 Å². The maximum Gasteiger partial charge on any atom is 0.387 e. The molecular weight excluding hydrogens is 244 g/mol. The van der Waals surface area contributed by atoms with E-state index in [-0.39, 0.29) is 11.7 Å². The molecule has 6 heteroatoms. The molecular formula is C12H13F2NO3. The van der Waals surface area contributed by atoms with Crippen LogP contribution in [0.1, 0.15) is 5.56 Å². The van der Waals surface area contributed by atoms with Crippen molar-refractivity contribution in [2.24, 2.45) is 5.92 Å². The van der Waals surface area contributed by atoms with Crippen molar-refractivity contribution >= 4 is 5.97 Å². The second-order valence-electron chi connectivity index (χ2n) is 4.22. The molecule has 2 rings (SSSR count). The van der Waals surface area contributed by atoms with Crippen molar-refractivity contribution < 1.29 is 23.4 Å². The van der Waals surface area contributed by atoms with Crippen LogP contribution in [0.25, 0.3) is 0 Å². The molecule has 1 heterocycles. The van der Waals surface area contributed by atoms with Crippen LogP contribution < -0.4 is 4.74 Å². The summed E-state index contributed by atoms with van der Waals surface area (Å²) in [5.74, 6) is -1.03. The van der Waals surface area contributed by atoms with Crippen LogP contribution in [0, 0.1) is 5.92 Å². The van der Waals surface area contributed by atoms with Crippen molar-refractivity contribution in [3.63, 3.8) is 0 Å².